The highest BCUT2D eigenvalue weighted by atomic mass is 79.9. The van der Waals surface area contributed by atoms with Crippen LogP contribution in [-0.2, 0) is 0 Å². The van der Waals surface area contributed by atoms with E-state index in [2.05, 4.69) is 73.7 Å². The molecule has 0 radical (unpaired) electrons. The number of carbonyl (C=O) groups excluding carboxylic acids is 3. The molecule has 4 heterocycles. The number of hydrogen-bond acceptors (Lipinski definition) is 5. The van der Waals surface area contributed by atoms with Crippen molar-refractivity contribution in [3.05, 3.63) is 114 Å². The van der Waals surface area contributed by atoms with Crippen molar-refractivity contribution in [3.63, 3.8) is 0 Å². The Morgan fingerprint density at radius 3 is 2.38 bits per heavy atom. The largest absolute Gasteiger partial charge is 0.505 e. The van der Waals surface area contributed by atoms with E-state index in [0.29, 0.717) is 34.5 Å². The molecule has 3 aromatic heterocycles. The second kappa shape index (κ2) is 10.3. The average molecular weight is 790 g/mol. The Kier molecular flexibility index (Phi) is 6.89. The quantitative estimate of drug-likeness (QED) is 0.211. The number of halogens is 4. The van der Waals surface area contributed by atoms with E-state index >= 15 is 0 Å². The lowest BCUT2D eigenvalue weighted by Gasteiger charge is -2.09. The third-order valence-corrected chi connectivity index (χ3v) is 8.51. The lowest BCUT2D eigenvalue weighted by atomic mass is 10.1. The highest BCUT2D eigenvalue weighted by Crippen LogP contribution is 2.44. The lowest BCUT2D eigenvalue weighted by Crippen LogP contribution is -2.29. The van der Waals surface area contributed by atoms with Crippen LogP contribution in [0.4, 0.5) is 5.69 Å². The minimum Gasteiger partial charge on any atom is -0.505 e. The first kappa shape index (κ1) is 26.9. The summed E-state index contributed by atoms with van der Waals surface area (Å²) in [6, 6.07) is 13.2. The normalized spacial score (nSPS) is 12.8. The Bertz CT molecular complexity index is 1950. The molecule has 196 valence electrons. The molecule has 1 amide bonds. The van der Waals surface area contributed by atoms with Gasteiger partial charge in [-0.25, -0.2) is 9.78 Å². The zero-order valence-electron chi connectivity index (χ0n) is 20.0. The van der Waals surface area contributed by atoms with Crippen LogP contribution < -0.4 is 4.98 Å². The van der Waals surface area contributed by atoms with Gasteiger partial charge in [-0.15, -0.1) is 4.58 Å². The number of aromatic hydroxyl groups is 1. The molecule has 5 aromatic rings. The number of hydrogen-bond donors (Lipinski definition) is 1. The lowest BCUT2D eigenvalue weighted by molar-refractivity contribution is -0.380. The fourth-order valence-electron chi connectivity index (χ4n) is 4.74. The van der Waals surface area contributed by atoms with Gasteiger partial charge in [0.05, 0.1) is 15.6 Å². The molecule has 12 heteroatoms. The molecule has 0 saturated carbocycles. The number of amides is 1. The second-order valence-corrected chi connectivity index (χ2v) is 12.3. The summed E-state index contributed by atoms with van der Waals surface area (Å²) in [6.45, 7) is 0. The van der Waals surface area contributed by atoms with Crippen molar-refractivity contribution in [1.29, 1.82) is 0 Å². The third kappa shape index (κ3) is 4.21. The summed E-state index contributed by atoms with van der Waals surface area (Å²) in [5.74, 6) is -1.96. The molecule has 0 unspecified atom stereocenters. The van der Waals surface area contributed by atoms with Crippen LogP contribution in [-0.4, -0.2) is 42.5 Å². The molecular weight excluding hydrogens is 776 g/mol. The molecular formula is C28H14Br4N4O4+2. The summed E-state index contributed by atoms with van der Waals surface area (Å²) >= 11 is 13.9. The molecule has 0 fully saturated rings. The number of nitrogens with one attached hydrogen (secondary N) is 1. The van der Waals surface area contributed by atoms with Gasteiger partial charge < -0.3 is 5.11 Å². The Labute approximate surface area is 259 Å². The first-order chi connectivity index (χ1) is 19.2. The maximum Gasteiger partial charge on any atom is 0.432 e. The Morgan fingerprint density at radius 2 is 1.68 bits per heavy atom. The van der Waals surface area contributed by atoms with Crippen molar-refractivity contribution in [2.24, 2.45) is 0 Å². The number of ketones is 1. The molecule has 0 aliphatic carbocycles. The molecule has 6 rings (SSSR count). The Morgan fingerprint density at radius 1 is 0.950 bits per heavy atom. The van der Waals surface area contributed by atoms with Gasteiger partial charge in [0.1, 0.15) is 5.56 Å². The zero-order valence-corrected chi connectivity index (χ0v) is 26.3. The van der Waals surface area contributed by atoms with E-state index in [1.807, 2.05) is 0 Å². The summed E-state index contributed by atoms with van der Waals surface area (Å²) < 4.78 is 4.68. The molecule has 2 aromatic carbocycles. The number of pyridine rings is 2. The van der Waals surface area contributed by atoms with Crippen molar-refractivity contribution in [1.82, 2.24) is 9.55 Å². The van der Waals surface area contributed by atoms with Gasteiger partial charge >= 0.3 is 5.91 Å². The standard InChI is InChI=1S/C28H12Br4N4O4/c29-15-7-17-21(19(31)9-15)35(27(39)13-3-1-5-33-11-13)23(25(17)37)24-26(38)18-8-16(30)10-20(32)22(18)36(24)28(40)14-4-2-6-34-12-14/h1-12H/p+2. The van der Waals surface area contributed by atoms with E-state index in [9.17, 15) is 19.5 Å². The van der Waals surface area contributed by atoms with Crippen LogP contribution >= 0.6 is 63.7 Å². The fraction of sp³-hybridized carbons (Fsp3) is 0. The van der Waals surface area contributed by atoms with Crippen LogP contribution in [0.25, 0.3) is 10.9 Å². The van der Waals surface area contributed by atoms with Gasteiger partial charge in [0.15, 0.2) is 29.4 Å². The number of benzene rings is 2. The number of Topliss-reactive ketones (excluding diaryl/α,β-unsaturated/α-hetero) is 1. The minimum atomic E-state index is -0.548. The zero-order chi connectivity index (χ0) is 28.3. The first-order valence-electron chi connectivity index (χ1n) is 11.6. The summed E-state index contributed by atoms with van der Waals surface area (Å²) in [6.07, 6.45) is 6.10. The Hall–Kier alpha value is -3.32. The number of nitrogens with zero attached hydrogens (tertiary/aromatic N) is 3. The second-order valence-electron chi connectivity index (χ2n) is 8.76. The number of H-pyrrole nitrogens is 1. The molecule has 40 heavy (non-hydrogen) atoms. The summed E-state index contributed by atoms with van der Waals surface area (Å²) in [5.41, 5.74) is 1.02. The van der Waals surface area contributed by atoms with E-state index in [1.54, 1.807) is 54.7 Å². The van der Waals surface area contributed by atoms with Gasteiger partial charge in [-0.1, -0.05) is 31.9 Å². The maximum absolute atomic E-state index is 14.2. The van der Waals surface area contributed by atoms with Crippen LogP contribution in [0.1, 0.15) is 36.8 Å². The van der Waals surface area contributed by atoms with Crippen molar-refractivity contribution in [2.45, 2.75) is 0 Å². The SMILES string of the molecule is O=C1C(c2c(O)c3cc(Br)cc(Br)c3n2C(=O)c2cccnc2)=[N+](C(=O)c2ccc[nH+]c2)c2c(Br)cc(Br)cc21. The van der Waals surface area contributed by atoms with Gasteiger partial charge in [0.2, 0.25) is 5.69 Å². The van der Waals surface area contributed by atoms with Gasteiger partial charge in [-0.2, -0.15) is 0 Å². The maximum atomic E-state index is 14.2. The predicted octanol–water partition coefficient (Wildman–Crippen LogP) is 6.46. The van der Waals surface area contributed by atoms with Gasteiger partial charge in [0.25, 0.3) is 17.4 Å². The number of fused-ring (bicyclic) bond motifs is 2. The van der Waals surface area contributed by atoms with Crippen molar-refractivity contribution < 1.29 is 29.0 Å². The van der Waals surface area contributed by atoms with Gasteiger partial charge in [0, 0.05) is 37.3 Å². The molecule has 2 N–H and O–H groups in total. The van der Waals surface area contributed by atoms with Crippen LogP contribution in [0.2, 0.25) is 0 Å². The number of carbonyl (C=O) groups is 3. The highest BCUT2D eigenvalue weighted by Gasteiger charge is 2.49. The monoisotopic (exact) mass is 786 g/mol. The molecule has 0 atom stereocenters. The predicted molar refractivity (Wildman–Crippen MR) is 160 cm³/mol. The summed E-state index contributed by atoms with van der Waals surface area (Å²) in [7, 11) is 0. The van der Waals surface area contributed by atoms with Crippen molar-refractivity contribution in [2.75, 3.05) is 0 Å². The van der Waals surface area contributed by atoms with Crippen LogP contribution in [0.5, 0.6) is 5.75 Å². The molecule has 1 aliphatic heterocycles. The van der Waals surface area contributed by atoms with Gasteiger partial charge in [-0.3, -0.25) is 19.1 Å². The minimum absolute atomic E-state index is 0.125. The van der Waals surface area contributed by atoms with Crippen molar-refractivity contribution >= 4 is 104 Å². The van der Waals surface area contributed by atoms with Gasteiger partial charge in [-0.05, 0) is 74.3 Å². The topological polar surface area (TPSA) is 106 Å². The van der Waals surface area contributed by atoms with Crippen LogP contribution in [0, 0.1) is 0 Å². The molecule has 0 saturated heterocycles. The number of aromatic amines is 1. The van der Waals surface area contributed by atoms with E-state index < -0.39 is 17.6 Å². The average Bonchev–Trinajstić information content (AvgIpc) is 3.39. The fourth-order valence-corrected chi connectivity index (χ4v) is 7.54. The third-order valence-electron chi connectivity index (χ3n) is 6.38. The van der Waals surface area contributed by atoms with Crippen molar-refractivity contribution in [3.8, 4) is 5.75 Å². The summed E-state index contributed by atoms with van der Waals surface area (Å²) in [5, 5.41) is 12.0. The highest BCUT2D eigenvalue weighted by molar-refractivity contribution is 9.11. The van der Waals surface area contributed by atoms with E-state index in [0.717, 1.165) is 0 Å². The van der Waals surface area contributed by atoms with Crippen LogP contribution in [0.3, 0.4) is 0 Å². The molecule has 1 aliphatic rings. The number of rotatable bonds is 3. The first-order valence-corrected chi connectivity index (χ1v) is 14.7. The van der Waals surface area contributed by atoms with E-state index in [1.165, 1.54) is 27.7 Å². The smallest absolute Gasteiger partial charge is 0.432 e. The number of aromatic nitrogens is 3. The van der Waals surface area contributed by atoms with Crippen LogP contribution in [0.15, 0.2) is 91.2 Å². The molecule has 0 spiro atoms. The van der Waals surface area contributed by atoms with E-state index in [-0.39, 0.29) is 33.8 Å². The Balaban J connectivity index is 1.77. The molecule has 0 bridgehead atoms. The molecule has 8 nitrogen and oxygen atoms in total. The summed E-state index contributed by atoms with van der Waals surface area (Å²) in [4.78, 5) is 49.3. The van der Waals surface area contributed by atoms with E-state index in [4.69, 9.17) is 0 Å².